The zero-order valence-electron chi connectivity index (χ0n) is 18.3. The number of hydrogen-bond donors (Lipinski definition) is 1. The van der Waals surface area contributed by atoms with E-state index < -0.39 is 10.0 Å². The van der Waals surface area contributed by atoms with Gasteiger partial charge in [-0.1, -0.05) is 62.9 Å². The summed E-state index contributed by atoms with van der Waals surface area (Å²) in [6.07, 6.45) is 4.20. The molecule has 170 valence electrons. The van der Waals surface area contributed by atoms with E-state index in [-0.39, 0.29) is 22.4 Å². The minimum absolute atomic E-state index is 0.101. The van der Waals surface area contributed by atoms with Gasteiger partial charge < -0.3 is 10.1 Å². The van der Waals surface area contributed by atoms with Crippen molar-refractivity contribution in [2.45, 2.75) is 44.4 Å². The molecule has 8 heteroatoms. The quantitative estimate of drug-likeness (QED) is 0.483. The van der Waals surface area contributed by atoms with Gasteiger partial charge in [-0.2, -0.15) is 0 Å². The molecule has 0 aliphatic heterocycles. The van der Waals surface area contributed by atoms with Gasteiger partial charge in [-0.25, -0.2) is 8.42 Å². The van der Waals surface area contributed by atoms with Crippen molar-refractivity contribution in [1.29, 1.82) is 0 Å². The van der Waals surface area contributed by atoms with Gasteiger partial charge in [0.25, 0.3) is 10.0 Å². The predicted octanol–water partition coefficient (Wildman–Crippen LogP) is 4.88. The first-order chi connectivity index (χ1) is 14.8. The van der Waals surface area contributed by atoms with Crippen LogP contribution in [0.2, 0.25) is 5.02 Å². The molecule has 0 spiro atoms. The minimum atomic E-state index is -3.97. The summed E-state index contributed by atoms with van der Waals surface area (Å²) in [5.74, 6) is 0.438. The molecule has 2 aromatic carbocycles. The summed E-state index contributed by atoms with van der Waals surface area (Å²) in [5, 5.41) is 3.16. The molecule has 2 aromatic rings. The number of nitrogens with zero attached hydrogens (tertiary/aromatic N) is 1. The number of unbranched alkanes of at least 4 members (excludes halogenated alkanes) is 1. The highest BCUT2D eigenvalue weighted by Crippen LogP contribution is 2.31. The first-order valence-corrected chi connectivity index (χ1v) is 12.3. The van der Waals surface area contributed by atoms with Crippen LogP contribution in [0.4, 0.5) is 5.69 Å². The Bertz CT molecular complexity index is 951. The number of sulfonamides is 1. The van der Waals surface area contributed by atoms with Gasteiger partial charge in [0.05, 0.1) is 22.7 Å². The van der Waals surface area contributed by atoms with Gasteiger partial charge in [0.15, 0.2) is 0 Å². The van der Waals surface area contributed by atoms with E-state index in [9.17, 15) is 13.2 Å². The maximum absolute atomic E-state index is 13.3. The number of hydrogen-bond acceptors (Lipinski definition) is 4. The van der Waals surface area contributed by atoms with Crippen molar-refractivity contribution in [3.8, 4) is 5.75 Å². The van der Waals surface area contributed by atoms with Crippen molar-refractivity contribution in [2.75, 3.05) is 24.5 Å². The Morgan fingerprint density at radius 1 is 1.16 bits per heavy atom. The van der Waals surface area contributed by atoms with Gasteiger partial charge in [-0.15, -0.1) is 0 Å². The SMILES string of the molecule is CCCC[C@H](CC)CNC(=O)CN(c1ccc(OC)c(Cl)c1)S(=O)(=O)c1ccccc1. The first-order valence-electron chi connectivity index (χ1n) is 10.5. The molecular weight excluding hydrogens is 436 g/mol. The van der Waals surface area contributed by atoms with E-state index >= 15 is 0 Å². The second-order valence-electron chi connectivity index (χ2n) is 7.36. The second kappa shape index (κ2) is 12.0. The van der Waals surface area contributed by atoms with Gasteiger partial charge >= 0.3 is 0 Å². The molecule has 6 nitrogen and oxygen atoms in total. The standard InChI is InChI=1S/C23H31ClN2O4S/c1-4-6-10-18(5-2)16-25-23(27)17-26(19-13-14-22(30-3)21(24)15-19)31(28,29)20-11-8-7-9-12-20/h7-9,11-15,18H,4-6,10,16-17H2,1-3H3,(H,25,27)/t18-/m0/s1. The summed E-state index contributed by atoms with van der Waals surface area (Å²) in [5.41, 5.74) is 0.294. The lowest BCUT2D eigenvalue weighted by atomic mass is 9.99. The van der Waals surface area contributed by atoms with Crippen LogP contribution in [0.1, 0.15) is 39.5 Å². The lowest BCUT2D eigenvalue weighted by Crippen LogP contribution is -2.42. The minimum Gasteiger partial charge on any atom is -0.495 e. The fourth-order valence-corrected chi connectivity index (χ4v) is 4.92. The van der Waals surface area contributed by atoms with Crippen molar-refractivity contribution in [2.24, 2.45) is 5.92 Å². The summed E-state index contributed by atoms with van der Waals surface area (Å²) in [7, 11) is -2.49. The molecule has 0 unspecified atom stereocenters. The Kier molecular flexibility index (Phi) is 9.65. The highest BCUT2D eigenvalue weighted by Gasteiger charge is 2.27. The molecule has 1 atom stereocenters. The van der Waals surface area contributed by atoms with Crippen LogP contribution in [0.25, 0.3) is 0 Å². The fraction of sp³-hybridized carbons (Fsp3) is 0.435. The number of anilines is 1. The number of rotatable bonds is 12. The van der Waals surface area contributed by atoms with Gasteiger partial charge in [0.1, 0.15) is 12.3 Å². The highest BCUT2D eigenvalue weighted by atomic mass is 35.5. The highest BCUT2D eigenvalue weighted by molar-refractivity contribution is 7.92. The van der Waals surface area contributed by atoms with E-state index in [2.05, 4.69) is 19.2 Å². The van der Waals surface area contributed by atoms with Crippen LogP contribution in [0.3, 0.4) is 0 Å². The number of nitrogens with one attached hydrogen (secondary N) is 1. The number of halogens is 1. The third-order valence-electron chi connectivity index (χ3n) is 5.17. The second-order valence-corrected chi connectivity index (χ2v) is 9.63. The number of carbonyl (C=O) groups excluding carboxylic acids is 1. The Balaban J connectivity index is 2.28. The Morgan fingerprint density at radius 3 is 2.45 bits per heavy atom. The van der Waals surface area contributed by atoms with E-state index in [1.54, 1.807) is 30.3 Å². The largest absolute Gasteiger partial charge is 0.495 e. The topological polar surface area (TPSA) is 75.7 Å². The lowest BCUT2D eigenvalue weighted by molar-refractivity contribution is -0.119. The van der Waals surface area contributed by atoms with Gasteiger partial charge in [0.2, 0.25) is 5.91 Å². The molecule has 0 bridgehead atoms. The molecule has 0 saturated heterocycles. The number of amides is 1. The molecule has 0 aliphatic carbocycles. The number of methoxy groups -OCH3 is 1. The molecule has 2 rings (SSSR count). The number of ether oxygens (including phenoxy) is 1. The van der Waals surface area contributed by atoms with Crippen molar-refractivity contribution in [3.63, 3.8) is 0 Å². The smallest absolute Gasteiger partial charge is 0.264 e. The van der Waals surface area contributed by atoms with E-state index in [1.165, 1.54) is 25.3 Å². The normalized spacial score (nSPS) is 12.3. The van der Waals surface area contributed by atoms with Crippen LogP contribution in [0.5, 0.6) is 5.75 Å². The summed E-state index contributed by atoms with van der Waals surface area (Å²) >= 11 is 6.23. The number of carbonyl (C=O) groups is 1. The first kappa shape index (κ1) is 25.0. The molecular formula is C23H31ClN2O4S. The third kappa shape index (κ3) is 6.87. The van der Waals surface area contributed by atoms with Crippen molar-refractivity contribution < 1.29 is 17.9 Å². The maximum Gasteiger partial charge on any atom is 0.264 e. The van der Waals surface area contributed by atoms with Gasteiger partial charge in [0, 0.05) is 6.54 Å². The average Bonchev–Trinajstić information content (AvgIpc) is 2.78. The van der Waals surface area contributed by atoms with Crippen LogP contribution in [0, 0.1) is 5.92 Å². The molecule has 0 fully saturated rings. The lowest BCUT2D eigenvalue weighted by Gasteiger charge is -2.25. The molecule has 0 aliphatic rings. The molecule has 0 saturated carbocycles. The molecule has 1 amide bonds. The Labute approximate surface area is 190 Å². The summed E-state index contributed by atoms with van der Waals surface area (Å²) < 4.78 is 32.9. The van der Waals surface area contributed by atoms with Crippen molar-refractivity contribution >= 4 is 33.2 Å². The molecule has 1 N–H and O–H groups in total. The van der Waals surface area contributed by atoms with Crippen LogP contribution in [0.15, 0.2) is 53.4 Å². The molecule has 0 heterocycles. The Hall–Kier alpha value is -2.25. The monoisotopic (exact) mass is 466 g/mol. The molecule has 0 aromatic heterocycles. The maximum atomic E-state index is 13.3. The number of benzene rings is 2. The van der Waals surface area contributed by atoms with Crippen LogP contribution < -0.4 is 14.4 Å². The van der Waals surface area contributed by atoms with Crippen molar-refractivity contribution in [1.82, 2.24) is 5.32 Å². The summed E-state index contributed by atoms with van der Waals surface area (Å²) in [4.78, 5) is 12.8. The van der Waals surface area contributed by atoms with Gasteiger partial charge in [-0.05, 0) is 42.7 Å². The molecule has 31 heavy (non-hydrogen) atoms. The van der Waals surface area contributed by atoms with Gasteiger partial charge in [-0.3, -0.25) is 9.10 Å². The fourth-order valence-electron chi connectivity index (χ4n) is 3.23. The van der Waals surface area contributed by atoms with Crippen LogP contribution in [-0.4, -0.2) is 34.5 Å². The van der Waals surface area contributed by atoms with E-state index in [0.29, 0.717) is 23.9 Å². The summed E-state index contributed by atoms with van der Waals surface area (Å²) in [6.45, 7) is 4.41. The third-order valence-corrected chi connectivity index (χ3v) is 7.26. The molecule has 0 radical (unpaired) electrons. The average molecular weight is 467 g/mol. The zero-order chi connectivity index (χ0) is 22.9. The Morgan fingerprint density at radius 2 is 1.87 bits per heavy atom. The zero-order valence-corrected chi connectivity index (χ0v) is 19.9. The van der Waals surface area contributed by atoms with E-state index in [0.717, 1.165) is 30.0 Å². The predicted molar refractivity (Wildman–Crippen MR) is 125 cm³/mol. The van der Waals surface area contributed by atoms with E-state index in [1.807, 2.05) is 0 Å². The van der Waals surface area contributed by atoms with Crippen LogP contribution in [-0.2, 0) is 14.8 Å². The van der Waals surface area contributed by atoms with E-state index in [4.69, 9.17) is 16.3 Å². The van der Waals surface area contributed by atoms with Crippen LogP contribution >= 0.6 is 11.6 Å². The van der Waals surface area contributed by atoms with Crippen molar-refractivity contribution in [3.05, 3.63) is 53.6 Å². The summed E-state index contributed by atoms with van der Waals surface area (Å²) in [6, 6.07) is 12.7.